The van der Waals surface area contributed by atoms with Crippen LogP contribution in [0.5, 0.6) is 0 Å². The van der Waals surface area contributed by atoms with E-state index in [9.17, 15) is 9.18 Å². The molecule has 0 atom stereocenters. The van der Waals surface area contributed by atoms with Gasteiger partial charge in [-0.3, -0.25) is 4.79 Å². The molecule has 0 aliphatic rings. The summed E-state index contributed by atoms with van der Waals surface area (Å²) >= 11 is 9.10. The van der Waals surface area contributed by atoms with Crippen molar-refractivity contribution < 1.29 is 9.18 Å². The Morgan fingerprint density at radius 3 is 2.74 bits per heavy atom. The first kappa shape index (κ1) is 13.8. The molecule has 2 aromatic rings. The lowest BCUT2D eigenvalue weighted by Crippen LogP contribution is -2.14. The molecule has 0 aliphatic heterocycles. The molecular weight excluding hydrogens is 335 g/mol. The molecule has 3 N–H and O–H groups in total. The van der Waals surface area contributed by atoms with E-state index in [1.807, 2.05) is 0 Å². The number of benzene rings is 2. The van der Waals surface area contributed by atoms with E-state index in [1.54, 1.807) is 18.2 Å². The zero-order valence-electron chi connectivity index (χ0n) is 9.58. The first-order valence-corrected chi connectivity index (χ1v) is 6.46. The number of nitrogen functional groups attached to an aromatic ring is 1. The summed E-state index contributed by atoms with van der Waals surface area (Å²) in [5, 5.41) is 3.15. The Labute approximate surface area is 122 Å². The molecule has 3 nitrogen and oxygen atoms in total. The van der Waals surface area contributed by atoms with Crippen LogP contribution in [-0.2, 0) is 0 Å². The van der Waals surface area contributed by atoms with E-state index in [1.165, 1.54) is 18.2 Å². The average Bonchev–Trinajstić information content (AvgIpc) is 2.37. The fourth-order valence-corrected chi connectivity index (χ4v) is 2.00. The molecular formula is C13H9BrClFN2O. The molecule has 98 valence electrons. The van der Waals surface area contributed by atoms with Gasteiger partial charge < -0.3 is 11.1 Å². The molecule has 0 fully saturated rings. The highest BCUT2D eigenvalue weighted by molar-refractivity contribution is 9.10. The number of amides is 1. The average molecular weight is 344 g/mol. The van der Waals surface area contributed by atoms with Crippen molar-refractivity contribution in [2.24, 2.45) is 0 Å². The van der Waals surface area contributed by atoms with Crippen LogP contribution in [-0.4, -0.2) is 5.91 Å². The van der Waals surface area contributed by atoms with Crippen LogP contribution in [0.25, 0.3) is 0 Å². The fourth-order valence-electron chi connectivity index (χ4n) is 1.51. The molecule has 0 aromatic heterocycles. The maximum atomic E-state index is 13.3. The number of nitrogens with two attached hydrogens (primary N) is 1. The van der Waals surface area contributed by atoms with Gasteiger partial charge >= 0.3 is 0 Å². The van der Waals surface area contributed by atoms with Gasteiger partial charge in [0.1, 0.15) is 5.82 Å². The van der Waals surface area contributed by atoms with Crippen LogP contribution in [0.4, 0.5) is 15.8 Å². The summed E-state index contributed by atoms with van der Waals surface area (Å²) in [7, 11) is 0. The lowest BCUT2D eigenvalue weighted by atomic mass is 10.1. The zero-order valence-corrected chi connectivity index (χ0v) is 11.9. The Hall–Kier alpha value is -1.59. The maximum Gasteiger partial charge on any atom is 0.257 e. The number of hydrogen-bond acceptors (Lipinski definition) is 2. The molecule has 0 aliphatic carbocycles. The largest absolute Gasteiger partial charge is 0.396 e. The van der Waals surface area contributed by atoms with Gasteiger partial charge in [0, 0.05) is 10.2 Å². The third-order valence-corrected chi connectivity index (χ3v) is 3.69. The monoisotopic (exact) mass is 342 g/mol. The second kappa shape index (κ2) is 5.59. The SMILES string of the molecule is Nc1c(F)cccc1C(=O)Nc1ccc(Cl)c(Br)c1. The van der Waals surface area contributed by atoms with Crippen molar-refractivity contribution in [2.75, 3.05) is 11.1 Å². The van der Waals surface area contributed by atoms with Crippen LogP contribution in [0.1, 0.15) is 10.4 Å². The minimum absolute atomic E-state index is 0.0890. The number of rotatable bonds is 2. The lowest BCUT2D eigenvalue weighted by molar-refractivity contribution is 0.102. The van der Waals surface area contributed by atoms with Gasteiger partial charge in [-0.2, -0.15) is 0 Å². The second-order valence-electron chi connectivity index (χ2n) is 3.78. The van der Waals surface area contributed by atoms with Crippen LogP contribution in [0.3, 0.4) is 0 Å². The predicted molar refractivity (Wildman–Crippen MR) is 77.9 cm³/mol. The van der Waals surface area contributed by atoms with Crippen molar-refractivity contribution in [3.8, 4) is 0 Å². The van der Waals surface area contributed by atoms with Crippen LogP contribution in [0.2, 0.25) is 5.02 Å². The maximum absolute atomic E-state index is 13.3. The molecule has 2 aromatic carbocycles. The topological polar surface area (TPSA) is 55.1 Å². The Morgan fingerprint density at radius 2 is 2.05 bits per heavy atom. The van der Waals surface area contributed by atoms with Crippen molar-refractivity contribution in [3.63, 3.8) is 0 Å². The van der Waals surface area contributed by atoms with Gasteiger partial charge in [0.25, 0.3) is 5.91 Å². The highest BCUT2D eigenvalue weighted by Crippen LogP contribution is 2.26. The molecule has 19 heavy (non-hydrogen) atoms. The molecule has 2 rings (SSSR count). The molecule has 0 saturated heterocycles. The Balaban J connectivity index is 2.26. The number of carbonyl (C=O) groups is 1. The van der Waals surface area contributed by atoms with E-state index in [2.05, 4.69) is 21.2 Å². The lowest BCUT2D eigenvalue weighted by Gasteiger charge is -2.08. The molecule has 0 bridgehead atoms. The summed E-state index contributed by atoms with van der Waals surface area (Å²) in [5.74, 6) is -1.10. The molecule has 1 amide bonds. The molecule has 0 heterocycles. The van der Waals surface area contributed by atoms with E-state index < -0.39 is 11.7 Å². The summed E-state index contributed by atoms with van der Waals surface area (Å²) in [6, 6.07) is 9.01. The Morgan fingerprint density at radius 1 is 1.32 bits per heavy atom. The minimum atomic E-state index is -0.620. The van der Waals surface area contributed by atoms with Crippen molar-refractivity contribution in [2.45, 2.75) is 0 Å². The molecule has 0 spiro atoms. The summed E-state index contributed by atoms with van der Waals surface area (Å²) in [5.41, 5.74) is 5.97. The van der Waals surface area contributed by atoms with Gasteiger partial charge in [-0.15, -0.1) is 0 Å². The van der Waals surface area contributed by atoms with E-state index >= 15 is 0 Å². The number of nitrogens with one attached hydrogen (secondary N) is 1. The molecule has 0 unspecified atom stereocenters. The van der Waals surface area contributed by atoms with Gasteiger partial charge in [-0.1, -0.05) is 17.7 Å². The minimum Gasteiger partial charge on any atom is -0.396 e. The van der Waals surface area contributed by atoms with E-state index in [4.69, 9.17) is 17.3 Å². The van der Waals surface area contributed by atoms with E-state index in [-0.39, 0.29) is 11.3 Å². The van der Waals surface area contributed by atoms with Gasteiger partial charge in [0.05, 0.1) is 16.3 Å². The number of anilines is 2. The van der Waals surface area contributed by atoms with Gasteiger partial charge in [-0.25, -0.2) is 4.39 Å². The first-order valence-electron chi connectivity index (χ1n) is 5.29. The van der Waals surface area contributed by atoms with Crippen LogP contribution < -0.4 is 11.1 Å². The van der Waals surface area contributed by atoms with E-state index in [0.717, 1.165) is 0 Å². The second-order valence-corrected chi connectivity index (χ2v) is 5.05. The smallest absolute Gasteiger partial charge is 0.257 e. The summed E-state index contributed by atoms with van der Waals surface area (Å²) in [6.45, 7) is 0. The number of hydrogen-bond donors (Lipinski definition) is 2. The molecule has 0 saturated carbocycles. The summed E-state index contributed by atoms with van der Waals surface area (Å²) in [6.07, 6.45) is 0. The van der Waals surface area contributed by atoms with Crippen LogP contribution in [0, 0.1) is 5.82 Å². The third-order valence-electron chi connectivity index (χ3n) is 2.48. The normalized spacial score (nSPS) is 10.3. The molecule has 6 heteroatoms. The Kier molecular flexibility index (Phi) is 4.07. The fraction of sp³-hybridized carbons (Fsp3) is 0. The van der Waals surface area contributed by atoms with Crippen LogP contribution >= 0.6 is 27.5 Å². The highest BCUT2D eigenvalue weighted by atomic mass is 79.9. The van der Waals surface area contributed by atoms with Crippen molar-refractivity contribution in [3.05, 3.63) is 57.3 Å². The predicted octanol–water partition coefficient (Wildman–Crippen LogP) is 4.08. The highest BCUT2D eigenvalue weighted by Gasteiger charge is 2.13. The van der Waals surface area contributed by atoms with Gasteiger partial charge in [0.2, 0.25) is 0 Å². The van der Waals surface area contributed by atoms with Crippen molar-refractivity contribution in [1.29, 1.82) is 0 Å². The summed E-state index contributed by atoms with van der Waals surface area (Å²) in [4.78, 5) is 12.0. The number of halogens is 3. The standard InChI is InChI=1S/C13H9BrClFN2O/c14-9-6-7(4-5-10(9)15)18-13(19)8-2-1-3-11(16)12(8)17/h1-6H,17H2,(H,18,19). The van der Waals surface area contributed by atoms with Crippen molar-refractivity contribution >= 4 is 44.8 Å². The van der Waals surface area contributed by atoms with E-state index in [0.29, 0.717) is 15.2 Å². The molecule has 0 radical (unpaired) electrons. The Bertz CT molecular complexity index is 649. The number of para-hydroxylation sites is 1. The zero-order chi connectivity index (χ0) is 14.0. The quantitative estimate of drug-likeness (QED) is 0.807. The van der Waals surface area contributed by atoms with Crippen molar-refractivity contribution in [1.82, 2.24) is 0 Å². The third kappa shape index (κ3) is 3.05. The number of carbonyl (C=O) groups excluding carboxylic acids is 1. The van der Waals surface area contributed by atoms with Crippen LogP contribution in [0.15, 0.2) is 40.9 Å². The summed E-state index contributed by atoms with van der Waals surface area (Å²) < 4.78 is 13.9. The van der Waals surface area contributed by atoms with Gasteiger partial charge in [0.15, 0.2) is 0 Å². The first-order chi connectivity index (χ1) is 8.99. The van der Waals surface area contributed by atoms with Gasteiger partial charge in [-0.05, 0) is 46.3 Å².